The summed E-state index contributed by atoms with van der Waals surface area (Å²) in [5.41, 5.74) is 2.53. The number of aromatic nitrogens is 1. The molecule has 0 amide bonds. The number of hydrogen-bond acceptors (Lipinski definition) is 2. The summed E-state index contributed by atoms with van der Waals surface area (Å²) in [6.07, 6.45) is 4.37. The van der Waals surface area contributed by atoms with Crippen molar-refractivity contribution in [3.05, 3.63) is 36.0 Å². The minimum atomic E-state index is -0.134. The van der Waals surface area contributed by atoms with E-state index in [1.807, 2.05) is 19.2 Å². The molecule has 1 heterocycles. The lowest BCUT2D eigenvalue weighted by atomic mass is 10.1. The molecule has 0 atom stereocenters. The van der Waals surface area contributed by atoms with E-state index in [4.69, 9.17) is 0 Å². The van der Waals surface area contributed by atoms with Crippen molar-refractivity contribution in [2.24, 2.45) is 7.05 Å². The molecule has 90 valence electrons. The highest BCUT2D eigenvalue weighted by atomic mass is 16.5. The number of ether oxygens (including phenoxy) is 1. The second-order valence-corrected chi connectivity index (χ2v) is 4.21. The van der Waals surface area contributed by atoms with Gasteiger partial charge in [-0.15, -0.1) is 0 Å². The van der Waals surface area contributed by atoms with Crippen molar-refractivity contribution in [2.45, 2.75) is 19.3 Å². The molecule has 0 aliphatic carbocycles. The first kappa shape index (κ1) is 11.7. The fourth-order valence-electron chi connectivity index (χ4n) is 2.15. The zero-order chi connectivity index (χ0) is 12.3. The highest BCUT2D eigenvalue weighted by Gasteiger charge is 2.06. The van der Waals surface area contributed by atoms with Crippen LogP contribution in [0.5, 0.6) is 0 Å². The quantitative estimate of drug-likeness (QED) is 0.757. The summed E-state index contributed by atoms with van der Waals surface area (Å²) in [4.78, 5) is 11.0. The standard InChI is InChI=1S/C14H17NO2/c1-15-10-11(6-5-9-14(16)17-2)12-7-3-4-8-13(12)15/h3-4,7-8,10H,5-6,9H2,1-2H3. The van der Waals surface area contributed by atoms with Crippen LogP contribution < -0.4 is 0 Å². The van der Waals surface area contributed by atoms with E-state index in [0.29, 0.717) is 6.42 Å². The van der Waals surface area contributed by atoms with Crippen LogP contribution in [0.15, 0.2) is 30.5 Å². The van der Waals surface area contributed by atoms with Gasteiger partial charge in [-0.3, -0.25) is 4.79 Å². The Morgan fingerprint density at radius 1 is 1.35 bits per heavy atom. The third-order valence-corrected chi connectivity index (χ3v) is 3.03. The van der Waals surface area contributed by atoms with Crippen molar-refractivity contribution in [1.82, 2.24) is 4.57 Å². The van der Waals surface area contributed by atoms with Gasteiger partial charge in [0.2, 0.25) is 0 Å². The molecule has 0 saturated carbocycles. The predicted octanol–water partition coefficient (Wildman–Crippen LogP) is 2.67. The van der Waals surface area contributed by atoms with E-state index >= 15 is 0 Å². The molecule has 0 spiro atoms. The molecule has 3 heteroatoms. The molecule has 0 bridgehead atoms. The fourth-order valence-corrected chi connectivity index (χ4v) is 2.15. The van der Waals surface area contributed by atoms with E-state index in [0.717, 1.165) is 12.8 Å². The Morgan fingerprint density at radius 2 is 2.12 bits per heavy atom. The van der Waals surface area contributed by atoms with Crippen LogP contribution in [0, 0.1) is 0 Å². The molecule has 1 aromatic carbocycles. The third kappa shape index (κ3) is 2.49. The van der Waals surface area contributed by atoms with Gasteiger partial charge < -0.3 is 9.30 Å². The molecule has 2 aromatic rings. The second-order valence-electron chi connectivity index (χ2n) is 4.21. The highest BCUT2D eigenvalue weighted by Crippen LogP contribution is 2.21. The molecule has 2 rings (SSSR count). The number of methoxy groups -OCH3 is 1. The molecule has 0 unspecified atom stereocenters. The van der Waals surface area contributed by atoms with Gasteiger partial charge in [-0.1, -0.05) is 18.2 Å². The van der Waals surface area contributed by atoms with Crippen molar-refractivity contribution in [3.63, 3.8) is 0 Å². The second kappa shape index (κ2) is 5.04. The number of aryl methyl sites for hydroxylation is 2. The summed E-state index contributed by atoms with van der Waals surface area (Å²) in [6, 6.07) is 8.33. The van der Waals surface area contributed by atoms with E-state index in [1.165, 1.54) is 23.6 Å². The van der Waals surface area contributed by atoms with Gasteiger partial charge in [-0.2, -0.15) is 0 Å². The number of esters is 1. The first-order valence-corrected chi connectivity index (χ1v) is 5.82. The van der Waals surface area contributed by atoms with Gasteiger partial charge in [0.05, 0.1) is 7.11 Å². The minimum Gasteiger partial charge on any atom is -0.469 e. The number of carbonyl (C=O) groups is 1. The lowest BCUT2D eigenvalue weighted by Crippen LogP contribution is -2.00. The molecule has 0 radical (unpaired) electrons. The Labute approximate surface area is 101 Å². The number of nitrogens with zero attached hydrogens (tertiary/aromatic N) is 1. The van der Waals surface area contributed by atoms with Gasteiger partial charge in [0, 0.05) is 30.6 Å². The van der Waals surface area contributed by atoms with E-state index in [9.17, 15) is 4.79 Å². The molecule has 0 aliphatic rings. The number of benzene rings is 1. The summed E-state index contributed by atoms with van der Waals surface area (Å²) in [5.74, 6) is -0.134. The largest absolute Gasteiger partial charge is 0.469 e. The molecule has 0 aliphatic heterocycles. The summed E-state index contributed by atoms with van der Waals surface area (Å²) in [5, 5.41) is 1.28. The maximum Gasteiger partial charge on any atom is 0.305 e. The third-order valence-electron chi connectivity index (χ3n) is 3.03. The SMILES string of the molecule is COC(=O)CCCc1cn(C)c2ccccc12. The van der Waals surface area contributed by atoms with Crippen molar-refractivity contribution >= 4 is 16.9 Å². The number of hydrogen-bond donors (Lipinski definition) is 0. The minimum absolute atomic E-state index is 0.134. The van der Waals surface area contributed by atoms with Crippen LogP contribution in [0.4, 0.5) is 0 Å². The van der Waals surface area contributed by atoms with Crippen molar-refractivity contribution in [1.29, 1.82) is 0 Å². The van der Waals surface area contributed by atoms with E-state index in [-0.39, 0.29) is 5.97 Å². The Hall–Kier alpha value is -1.77. The van der Waals surface area contributed by atoms with Crippen molar-refractivity contribution in [3.8, 4) is 0 Å². The Kier molecular flexibility index (Phi) is 3.47. The summed E-state index contributed by atoms with van der Waals surface area (Å²) >= 11 is 0. The van der Waals surface area contributed by atoms with Crippen LogP contribution in [0.1, 0.15) is 18.4 Å². The number of fused-ring (bicyclic) bond motifs is 1. The molecular formula is C14H17NO2. The zero-order valence-corrected chi connectivity index (χ0v) is 10.3. The number of para-hydroxylation sites is 1. The van der Waals surface area contributed by atoms with Gasteiger partial charge in [0.15, 0.2) is 0 Å². The number of rotatable bonds is 4. The van der Waals surface area contributed by atoms with E-state index < -0.39 is 0 Å². The molecular weight excluding hydrogens is 214 g/mol. The first-order valence-electron chi connectivity index (χ1n) is 5.82. The number of carbonyl (C=O) groups excluding carboxylic acids is 1. The maximum absolute atomic E-state index is 11.0. The van der Waals surface area contributed by atoms with Crippen LogP contribution in [0.3, 0.4) is 0 Å². The van der Waals surface area contributed by atoms with Crippen molar-refractivity contribution in [2.75, 3.05) is 7.11 Å². The van der Waals surface area contributed by atoms with Gasteiger partial charge in [-0.25, -0.2) is 0 Å². The van der Waals surface area contributed by atoms with Gasteiger partial charge in [0.1, 0.15) is 0 Å². The van der Waals surface area contributed by atoms with Crippen LogP contribution in [0.2, 0.25) is 0 Å². The van der Waals surface area contributed by atoms with Crippen LogP contribution in [0.25, 0.3) is 10.9 Å². The highest BCUT2D eigenvalue weighted by molar-refractivity contribution is 5.83. The monoisotopic (exact) mass is 231 g/mol. The predicted molar refractivity (Wildman–Crippen MR) is 67.9 cm³/mol. The first-order chi connectivity index (χ1) is 8.22. The summed E-state index contributed by atoms with van der Waals surface area (Å²) < 4.78 is 6.76. The van der Waals surface area contributed by atoms with Gasteiger partial charge >= 0.3 is 5.97 Å². The van der Waals surface area contributed by atoms with Crippen LogP contribution in [-0.4, -0.2) is 17.6 Å². The Balaban J connectivity index is 2.11. The Bertz CT molecular complexity index is 528. The average Bonchev–Trinajstić information content (AvgIpc) is 2.67. The summed E-state index contributed by atoms with van der Waals surface area (Å²) in [6.45, 7) is 0. The van der Waals surface area contributed by atoms with E-state index in [2.05, 4.69) is 27.6 Å². The lowest BCUT2D eigenvalue weighted by molar-refractivity contribution is -0.140. The molecule has 3 nitrogen and oxygen atoms in total. The van der Waals surface area contributed by atoms with E-state index in [1.54, 1.807) is 0 Å². The topological polar surface area (TPSA) is 31.2 Å². The van der Waals surface area contributed by atoms with Crippen LogP contribution >= 0.6 is 0 Å². The normalized spacial score (nSPS) is 10.7. The fraction of sp³-hybridized carbons (Fsp3) is 0.357. The molecule has 0 saturated heterocycles. The smallest absolute Gasteiger partial charge is 0.305 e. The molecule has 0 fully saturated rings. The van der Waals surface area contributed by atoms with Crippen LogP contribution in [-0.2, 0) is 23.0 Å². The van der Waals surface area contributed by atoms with Gasteiger partial charge in [-0.05, 0) is 24.5 Å². The lowest BCUT2D eigenvalue weighted by Gasteiger charge is -1.99. The maximum atomic E-state index is 11.0. The van der Waals surface area contributed by atoms with Gasteiger partial charge in [0.25, 0.3) is 0 Å². The molecule has 17 heavy (non-hydrogen) atoms. The summed E-state index contributed by atoms with van der Waals surface area (Å²) in [7, 11) is 3.48. The van der Waals surface area contributed by atoms with Crippen molar-refractivity contribution < 1.29 is 9.53 Å². The molecule has 1 aromatic heterocycles. The molecule has 0 N–H and O–H groups in total. The Morgan fingerprint density at radius 3 is 2.88 bits per heavy atom. The average molecular weight is 231 g/mol. The zero-order valence-electron chi connectivity index (χ0n) is 10.3.